The standard InChI is InChI=1S/C39H54N2O9/c1-5-6-7-8-9-10-11-12-13-14-34(44)41(19-17-27-23-28(47-2)15-16-32(27)48-3)31-24-30(39(46)40-18-20-42)35-29-21-26(25-43)22-33(49-4)37(29)50-38(35)36(31)45/h15-16,21-25,31,35-36,38,42,45H,5-14,17-20H2,1-4H3,(H,40,46). The molecule has 1 heterocycles. The first-order chi connectivity index (χ1) is 24.3. The minimum atomic E-state index is -1.22. The molecule has 274 valence electrons. The van der Waals surface area contributed by atoms with E-state index in [1.165, 1.54) is 39.2 Å². The van der Waals surface area contributed by atoms with E-state index in [9.17, 15) is 24.6 Å². The third-order valence-electron chi connectivity index (χ3n) is 9.69. The highest BCUT2D eigenvalue weighted by atomic mass is 16.5. The van der Waals surface area contributed by atoms with Gasteiger partial charge in [0.15, 0.2) is 11.5 Å². The SMILES string of the molecule is CCCCCCCCCCCC(=O)N(CCc1cc(OC)ccc1OC)C1C=C(C(=O)NCCO)C2c3cc(C=O)cc(OC)c3OC2C1O. The minimum absolute atomic E-state index is 0.0169. The molecule has 0 radical (unpaired) electrons. The quantitative estimate of drug-likeness (QED) is 0.120. The van der Waals surface area contributed by atoms with E-state index < -0.39 is 30.1 Å². The highest BCUT2D eigenvalue weighted by Crippen LogP contribution is 2.51. The van der Waals surface area contributed by atoms with Crippen molar-refractivity contribution in [3.63, 3.8) is 0 Å². The Labute approximate surface area is 295 Å². The van der Waals surface area contributed by atoms with Crippen LogP contribution in [0.1, 0.15) is 98.5 Å². The van der Waals surface area contributed by atoms with E-state index in [4.69, 9.17) is 18.9 Å². The van der Waals surface area contributed by atoms with Crippen molar-refractivity contribution >= 4 is 18.1 Å². The lowest BCUT2D eigenvalue weighted by Crippen LogP contribution is -2.56. The normalized spacial score (nSPS) is 19.0. The van der Waals surface area contributed by atoms with Crippen LogP contribution >= 0.6 is 0 Å². The van der Waals surface area contributed by atoms with Crippen LogP contribution in [0, 0.1) is 0 Å². The van der Waals surface area contributed by atoms with Crippen LogP contribution in [0.25, 0.3) is 0 Å². The largest absolute Gasteiger partial charge is 0.497 e. The lowest BCUT2D eigenvalue weighted by Gasteiger charge is -2.41. The first-order valence-corrected chi connectivity index (χ1v) is 17.9. The van der Waals surface area contributed by atoms with E-state index >= 15 is 0 Å². The fourth-order valence-corrected chi connectivity index (χ4v) is 7.05. The molecular weight excluding hydrogens is 640 g/mol. The number of aliphatic hydroxyl groups excluding tert-OH is 2. The molecule has 11 nitrogen and oxygen atoms in total. The molecule has 1 aliphatic carbocycles. The third-order valence-corrected chi connectivity index (χ3v) is 9.69. The number of carbonyl (C=O) groups is 3. The summed E-state index contributed by atoms with van der Waals surface area (Å²) in [5.74, 6) is 0.602. The summed E-state index contributed by atoms with van der Waals surface area (Å²) in [6, 6.07) is 7.77. The van der Waals surface area contributed by atoms with Crippen molar-refractivity contribution < 1.29 is 43.5 Å². The van der Waals surface area contributed by atoms with Gasteiger partial charge in [0.05, 0.1) is 39.9 Å². The first-order valence-electron chi connectivity index (χ1n) is 17.9. The van der Waals surface area contributed by atoms with Gasteiger partial charge in [-0.15, -0.1) is 0 Å². The van der Waals surface area contributed by atoms with E-state index in [1.807, 2.05) is 12.1 Å². The van der Waals surface area contributed by atoms with E-state index in [0.717, 1.165) is 24.8 Å². The van der Waals surface area contributed by atoms with Crippen LogP contribution in [-0.4, -0.2) is 92.5 Å². The second kappa shape index (κ2) is 19.3. The Hall–Kier alpha value is -4.09. The molecule has 0 bridgehead atoms. The summed E-state index contributed by atoms with van der Waals surface area (Å²) in [6.45, 7) is 2.19. The summed E-state index contributed by atoms with van der Waals surface area (Å²) in [5, 5.41) is 24.2. The van der Waals surface area contributed by atoms with Crippen molar-refractivity contribution in [1.29, 1.82) is 0 Å². The lowest BCUT2D eigenvalue weighted by molar-refractivity contribution is -0.137. The van der Waals surface area contributed by atoms with Gasteiger partial charge in [0.2, 0.25) is 11.8 Å². The molecule has 4 atom stereocenters. The molecule has 2 aromatic rings. The Morgan fingerprint density at radius 1 is 0.940 bits per heavy atom. The summed E-state index contributed by atoms with van der Waals surface area (Å²) >= 11 is 0. The van der Waals surface area contributed by atoms with Crippen molar-refractivity contribution in [2.45, 2.75) is 102 Å². The van der Waals surface area contributed by atoms with Gasteiger partial charge in [-0.2, -0.15) is 0 Å². The van der Waals surface area contributed by atoms with Gasteiger partial charge in [0, 0.05) is 36.2 Å². The number of rotatable bonds is 21. The first kappa shape index (κ1) is 38.7. The number of hydrogen-bond donors (Lipinski definition) is 3. The smallest absolute Gasteiger partial charge is 0.247 e. The molecule has 0 fully saturated rings. The van der Waals surface area contributed by atoms with Crippen molar-refractivity contribution in [1.82, 2.24) is 10.2 Å². The number of nitrogens with one attached hydrogen (secondary N) is 1. The molecule has 50 heavy (non-hydrogen) atoms. The molecule has 4 unspecified atom stereocenters. The number of methoxy groups -OCH3 is 3. The monoisotopic (exact) mass is 694 g/mol. The minimum Gasteiger partial charge on any atom is -0.497 e. The highest BCUT2D eigenvalue weighted by Gasteiger charge is 2.51. The van der Waals surface area contributed by atoms with Gasteiger partial charge in [0.1, 0.15) is 30.0 Å². The number of nitrogens with zero attached hydrogens (tertiary/aromatic N) is 1. The predicted octanol–water partition coefficient (Wildman–Crippen LogP) is 5.14. The van der Waals surface area contributed by atoms with Gasteiger partial charge in [-0.3, -0.25) is 14.4 Å². The number of amides is 2. The molecule has 1 aliphatic heterocycles. The summed E-state index contributed by atoms with van der Waals surface area (Å²) in [4.78, 5) is 41.3. The van der Waals surface area contributed by atoms with Crippen LogP contribution in [0.4, 0.5) is 0 Å². The van der Waals surface area contributed by atoms with Crippen molar-refractivity contribution in [3.8, 4) is 23.0 Å². The lowest BCUT2D eigenvalue weighted by atomic mass is 9.77. The van der Waals surface area contributed by atoms with Gasteiger partial charge in [0.25, 0.3) is 0 Å². The van der Waals surface area contributed by atoms with E-state index in [-0.39, 0.29) is 31.2 Å². The van der Waals surface area contributed by atoms with Crippen LogP contribution in [-0.2, 0) is 16.0 Å². The zero-order valence-corrected chi connectivity index (χ0v) is 29.9. The van der Waals surface area contributed by atoms with E-state index in [1.54, 1.807) is 43.4 Å². The second-order valence-corrected chi connectivity index (χ2v) is 13.0. The second-order valence-electron chi connectivity index (χ2n) is 13.0. The summed E-state index contributed by atoms with van der Waals surface area (Å²) in [5.41, 5.74) is 1.98. The Bertz CT molecular complexity index is 1480. The molecule has 0 saturated heterocycles. The number of fused-ring (bicyclic) bond motifs is 3. The van der Waals surface area contributed by atoms with Gasteiger partial charge in [-0.05, 0) is 54.8 Å². The zero-order chi connectivity index (χ0) is 36.0. The molecule has 3 N–H and O–H groups in total. The average molecular weight is 695 g/mol. The average Bonchev–Trinajstić information content (AvgIpc) is 3.53. The van der Waals surface area contributed by atoms with Crippen LogP contribution in [0.2, 0.25) is 0 Å². The van der Waals surface area contributed by atoms with Gasteiger partial charge in [-0.25, -0.2) is 0 Å². The summed E-state index contributed by atoms with van der Waals surface area (Å²) in [7, 11) is 4.63. The third kappa shape index (κ3) is 9.37. The number of hydrogen-bond acceptors (Lipinski definition) is 9. The predicted molar refractivity (Wildman–Crippen MR) is 190 cm³/mol. The molecule has 0 aromatic heterocycles. The number of benzene rings is 2. The van der Waals surface area contributed by atoms with Crippen LogP contribution < -0.4 is 24.3 Å². The maximum atomic E-state index is 14.1. The fourth-order valence-electron chi connectivity index (χ4n) is 7.05. The van der Waals surface area contributed by atoms with E-state index in [2.05, 4.69) is 12.2 Å². The molecule has 2 aliphatic rings. The van der Waals surface area contributed by atoms with Crippen LogP contribution in [0.15, 0.2) is 42.0 Å². The molecule has 0 saturated carbocycles. The molecule has 11 heteroatoms. The number of unbranched alkanes of at least 4 members (excludes halogenated alkanes) is 8. The van der Waals surface area contributed by atoms with Gasteiger partial charge in [-0.1, -0.05) is 58.3 Å². The Morgan fingerprint density at radius 3 is 2.28 bits per heavy atom. The van der Waals surface area contributed by atoms with Crippen molar-refractivity contribution in [2.75, 3.05) is 41.0 Å². The van der Waals surface area contributed by atoms with Gasteiger partial charge >= 0.3 is 0 Å². The Balaban J connectivity index is 1.65. The van der Waals surface area contributed by atoms with Crippen LogP contribution in [0.3, 0.4) is 0 Å². The topological polar surface area (TPSA) is 144 Å². The molecular formula is C39H54N2O9. The summed E-state index contributed by atoms with van der Waals surface area (Å²) in [6.07, 6.45) is 10.9. The maximum absolute atomic E-state index is 14.1. The molecule has 4 rings (SSSR count). The van der Waals surface area contributed by atoms with Crippen molar-refractivity contribution in [3.05, 3.63) is 58.7 Å². The fraction of sp³-hybridized carbons (Fsp3) is 0.564. The highest BCUT2D eigenvalue weighted by molar-refractivity contribution is 5.96. The maximum Gasteiger partial charge on any atom is 0.247 e. The Kier molecular flexibility index (Phi) is 15.0. The Morgan fingerprint density at radius 2 is 1.64 bits per heavy atom. The summed E-state index contributed by atoms with van der Waals surface area (Å²) < 4.78 is 22.9. The number of aliphatic hydroxyl groups is 2. The molecule has 2 amide bonds. The number of ether oxygens (including phenoxy) is 4. The number of aldehydes is 1. The zero-order valence-electron chi connectivity index (χ0n) is 29.9. The van der Waals surface area contributed by atoms with Crippen molar-refractivity contribution in [2.24, 2.45) is 0 Å². The molecule has 0 spiro atoms. The van der Waals surface area contributed by atoms with E-state index in [0.29, 0.717) is 59.7 Å². The van der Waals surface area contributed by atoms with Gasteiger partial charge < -0.3 is 39.4 Å². The van der Waals surface area contributed by atoms with Crippen LogP contribution in [0.5, 0.6) is 23.0 Å². The molecule has 2 aromatic carbocycles. The number of carbonyl (C=O) groups excluding carboxylic acids is 3.